The summed E-state index contributed by atoms with van der Waals surface area (Å²) in [6, 6.07) is 7.97. The van der Waals surface area contributed by atoms with E-state index in [0.717, 1.165) is 22.1 Å². The van der Waals surface area contributed by atoms with Gasteiger partial charge in [-0.1, -0.05) is 19.1 Å². The molecule has 0 amide bonds. The van der Waals surface area contributed by atoms with Gasteiger partial charge in [0, 0.05) is 9.99 Å². The van der Waals surface area contributed by atoms with Gasteiger partial charge < -0.3 is 5.73 Å². The Morgan fingerprint density at radius 2 is 2.15 bits per heavy atom. The molecule has 0 radical (unpaired) electrons. The number of aliphatic imine (C=N–C) groups is 1. The van der Waals surface area contributed by atoms with Crippen molar-refractivity contribution in [1.82, 2.24) is 0 Å². The normalized spacial score (nSPS) is 11.7. The molecule has 0 spiro atoms. The maximum absolute atomic E-state index is 5.73. The molecule has 0 unspecified atom stereocenters. The maximum Gasteiger partial charge on any atom is 0.0996 e. The molecule has 13 heavy (non-hydrogen) atoms. The molecule has 1 aromatic carbocycles. The van der Waals surface area contributed by atoms with Crippen molar-refractivity contribution in [2.24, 2.45) is 10.7 Å². The fourth-order valence-corrected chi connectivity index (χ4v) is 1.52. The van der Waals surface area contributed by atoms with Gasteiger partial charge in [-0.2, -0.15) is 0 Å². The third kappa shape index (κ3) is 3.34. The van der Waals surface area contributed by atoms with Crippen molar-refractivity contribution in [2.45, 2.75) is 19.8 Å². The number of nitrogens with two attached hydrogens (primary N) is 1. The van der Waals surface area contributed by atoms with Gasteiger partial charge in [-0.15, -0.1) is 0 Å². The Morgan fingerprint density at radius 3 is 2.77 bits per heavy atom. The van der Waals surface area contributed by atoms with Crippen molar-refractivity contribution in [1.29, 1.82) is 0 Å². The Morgan fingerprint density at radius 1 is 1.46 bits per heavy atom. The van der Waals surface area contributed by atoms with E-state index in [-0.39, 0.29) is 0 Å². The van der Waals surface area contributed by atoms with Gasteiger partial charge in [0.25, 0.3) is 0 Å². The number of hydrogen-bond acceptors (Lipinski definition) is 1. The fourth-order valence-electron chi connectivity index (χ4n) is 1.01. The fraction of sp³-hybridized carbons (Fsp3) is 0.300. The summed E-state index contributed by atoms with van der Waals surface area (Å²) in [4.78, 5) is 4.34. The molecule has 0 heterocycles. The van der Waals surface area contributed by atoms with E-state index < -0.39 is 0 Å². The van der Waals surface area contributed by atoms with Crippen LogP contribution in [-0.4, -0.2) is 5.84 Å². The van der Waals surface area contributed by atoms with Crippen LogP contribution < -0.4 is 5.73 Å². The van der Waals surface area contributed by atoms with E-state index in [4.69, 9.17) is 5.73 Å². The molecule has 0 aliphatic rings. The van der Waals surface area contributed by atoms with Crippen LogP contribution in [0.1, 0.15) is 19.8 Å². The smallest absolute Gasteiger partial charge is 0.0996 e. The Kier molecular flexibility index (Phi) is 4.21. The van der Waals surface area contributed by atoms with Crippen LogP contribution in [0.2, 0.25) is 0 Å². The molecular weight excluding hydrogens is 275 g/mol. The van der Waals surface area contributed by atoms with Gasteiger partial charge >= 0.3 is 0 Å². The van der Waals surface area contributed by atoms with Crippen LogP contribution in [0.15, 0.2) is 29.3 Å². The molecule has 0 saturated heterocycles. The standard InChI is InChI=1S/C10H13IN2/c1-2-5-10(12)13-9-7-4-3-6-8(9)11/h3-4,6-7H,2,5H2,1H3,(H2,12,13). The Hall–Kier alpha value is -0.580. The van der Waals surface area contributed by atoms with Gasteiger partial charge in [0.05, 0.1) is 11.5 Å². The van der Waals surface area contributed by atoms with Gasteiger partial charge in [-0.05, 0) is 41.1 Å². The largest absolute Gasteiger partial charge is 0.387 e. The van der Waals surface area contributed by atoms with Crippen LogP contribution in [0.3, 0.4) is 0 Å². The van der Waals surface area contributed by atoms with Crippen molar-refractivity contribution in [3.05, 3.63) is 27.8 Å². The highest BCUT2D eigenvalue weighted by atomic mass is 127. The number of para-hydroxylation sites is 1. The molecule has 0 bridgehead atoms. The van der Waals surface area contributed by atoms with Crippen LogP contribution in [-0.2, 0) is 0 Å². The number of rotatable bonds is 3. The molecule has 2 N–H and O–H groups in total. The number of halogens is 1. The lowest BCUT2D eigenvalue weighted by Crippen LogP contribution is -2.10. The Bertz CT molecular complexity index is 308. The van der Waals surface area contributed by atoms with E-state index in [1.165, 1.54) is 0 Å². The molecule has 0 aliphatic carbocycles. The first kappa shape index (κ1) is 10.5. The average Bonchev–Trinajstić information content (AvgIpc) is 2.09. The van der Waals surface area contributed by atoms with E-state index in [9.17, 15) is 0 Å². The second kappa shape index (κ2) is 5.21. The molecule has 3 heteroatoms. The first-order valence-electron chi connectivity index (χ1n) is 4.31. The molecule has 0 aliphatic heterocycles. The van der Waals surface area contributed by atoms with Crippen molar-refractivity contribution < 1.29 is 0 Å². The Labute approximate surface area is 92.4 Å². The van der Waals surface area contributed by atoms with E-state index in [1.54, 1.807) is 0 Å². The summed E-state index contributed by atoms with van der Waals surface area (Å²) in [6.45, 7) is 2.10. The van der Waals surface area contributed by atoms with Gasteiger partial charge in [-0.25, -0.2) is 4.99 Å². The summed E-state index contributed by atoms with van der Waals surface area (Å²) in [7, 11) is 0. The molecular formula is C10H13IN2. The SMILES string of the molecule is CCCC(N)=Nc1ccccc1I. The highest BCUT2D eigenvalue weighted by Crippen LogP contribution is 2.20. The summed E-state index contributed by atoms with van der Waals surface area (Å²) in [6.07, 6.45) is 1.91. The monoisotopic (exact) mass is 288 g/mol. The van der Waals surface area contributed by atoms with E-state index in [0.29, 0.717) is 5.84 Å². The summed E-state index contributed by atoms with van der Waals surface area (Å²) in [5, 5.41) is 0. The predicted molar refractivity (Wildman–Crippen MR) is 65.3 cm³/mol. The summed E-state index contributed by atoms with van der Waals surface area (Å²) >= 11 is 2.26. The van der Waals surface area contributed by atoms with Crippen LogP contribution in [0.25, 0.3) is 0 Å². The molecule has 0 atom stereocenters. The lowest BCUT2D eigenvalue weighted by molar-refractivity contribution is 0.983. The minimum Gasteiger partial charge on any atom is -0.387 e. The number of benzene rings is 1. The third-order valence-corrected chi connectivity index (χ3v) is 2.53. The van der Waals surface area contributed by atoms with E-state index in [1.807, 2.05) is 24.3 Å². The number of amidine groups is 1. The maximum atomic E-state index is 5.73. The zero-order chi connectivity index (χ0) is 9.68. The van der Waals surface area contributed by atoms with Crippen molar-refractivity contribution >= 4 is 34.1 Å². The quantitative estimate of drug-likeness (QED) is 0.518. The van der Waals surface area contributed by atoms with E-state index >= 15 is 0 Å². The summed E-state index contributed by atoms with van der Waals surface area (Å²) < 4.78 is 1.14. The van der Waals surface area contributed by atoms with Gasteiger partial charge in [0.1, 0.15) is 0 Å². The van der Waals surface area contributed by atoms with Gasteiger partial charge in [-0.3, -0.25) is 0 Å². The first-order chi connectivity index (χ1) is 6.24. The van der Waals surface area contributed by atoms with Gasteiger partial charge in [0.2, 0.25) is 0 Å². The lowest BCUT2D eigenvalue weighted by atomic mass is 10.3. The van der Waals surface area contributed by atoms with Crippen LogP contribution >= 0.6 is 22.6 Å². The van der Waals surface area contributed by atoms with Gasteiger partial charge in [0.15, 0.2) is 0 Å². The minimum absolute atomic E-state index is 0.714. The second-order valence-corrected chi connectivity index (χ2v) is 3.97. The lowest BCUT2D eigenvalue weighted by Gasteiger charge is -2.00. The topological polar surface area (TPSA) is 38.4 Å². The highest BCUT2D eigenvalue weighted by molar-refractivity contribution is 14.1. The molecule has 0 fully saturated rings. The first-order valence-corrected chi connectivity index (χ1v) is 5.39. The van der Waals surface area contributed by atoms with Crippen molar-refractivity contribution in [3.8, 4) is 0 Å². The molecule has 2 nitrogen and oxygen atoms in total. The number of nitrogens with zero attached hydrogens (tertiary/aromatic N) is 1. The molecule has 0 aromatic heterocycles. The third-order valence-electron chi connectivity index (χ3n) is 1.62. The molecule has 70 valence electrons. The average molecular weight is 288 g/mol. The zero-order valence-electron chi connectivity index (χ0n) is 7.63. The van der Waals surface area contributed by atoms with Crippen molar-refractivity contribution in [3.63, 3.8) is 0 Å². The predicted octanol–water partition coefficient (Wildman–Crippen LogP) is 3.08. The second-order valence-electron chi connectivity index (χ2n) is 2.80. The zero-order valence-corrected chi connectivity index (χ0v) is 9.78. The van der Waals surface area contributed by atoms with Crippen LogP contribution in [0.4, 0.5) is 5.69 Å². The number of hydrogen-bond donors (Lipinski definition) is 1. The molecule has 1 rings (SSSR count). The summed E-state index contributed by atoms with van der Waals surface area (Å²) in [5.74, 6) is 0.714. The van der Waals surface area contributed by atoms with Crippen LogP contribution in [0, 0.1) is 3.57 Å². The van der Waals surface area contributed by atoms with Crippen molar-refractivity contribution in [2.75, 3.05) is 0 Å². The van der Waals surface area contributed by atoms with Crippen LogP contribution in [0.5, 0.6) is 0 Å². The van der Waals surface area contributed by atoms with E-state index in [2.05, 4.69) is 34.5 Å². The Balaban J connectivity index is 2.84. The highest BCUT2D eigenvalue weighted by Gasteiger charge is 1.96. The molecule has 0 saturated carbocycles. The molecule has 1 aromatic rings. The summed E-state index contributed by atoms with van der Waals surface area (Å²) in [5.41, 5.74) is 6.70. The minimum atomic E-state index is 0.714.